The number of halogens is 1. The van der Waals surface area contributed by atoms with E-state index in [9.17, 15) is 9.59 Å². The topological polar surface area (TPSA) is 76.4 Å². The summed E-state index contributed by atoms with van der Waals surface area (Å²) in [6, 6.07) is 9.04. The Morgan fingerprint density at radius 2 is 1.77 bits per heavy atom. The van der Waals surface area contributed by atoms with Gasteiger partial charge in [-0.3, -0.25) is 9.59 Å². The van der Waals surface area contributed by atoms with E-state index in [1.165, 1.54) is 0 Å². The van der Waals surface area contributed by atoms with Crippen LogP contribution < -0.4 is 5.32 Å². The van der Waals surface area contributed by atoms with Gasteiger partial charge in [0.2, 0.25) is 6.41 Å². The second kappa shape index (κ2) is 7.61. The molecular weight excluding hydrogens is 348 g/mol. The molecule has 1 fully saturated rings. The third kappa shape index (κ3) is 4.33. The molecule has 0 unspecified atom stereocenters. The predicted molar refractivity (Wildman–Crippen MR) is 85.7 cm³/mol. The molecule has 1 N–H and O–H groups in total. The first-order valence-electron chi connectivity index (χ1n) is 6.74. The van der Waals surface area contributed by atoms with Crippen LogP contribution in [0.3, 0.4) is 0 Å². The van der Waals surface area contributed by atoms with Crippen LogP contribution in [0.2, 0.25) is 0 Å². The standard InChI is InChI=1S/C15H15BrN4O2/c16-13-1-3-14(4-2-13)18-15(22)12(9-17)10-19-5-7-20(11-21)8-6-19/h1-4,10-11H,5-8H2,(H,18,22)/b12-10-. The largest absolute Gasteiger partial charge is 0.373 e. The summed E-state index contributed by atoms with van der Waals surface area (Å²) in [4.78, 5) is 26.3. The van der Waals surface area contributed by atoms with Crippen molar-refractivity contribution in [2.45, 2.75) is 0 Å². The molecule has 114 valence electrons. The molecule has 0 radical (unpaired) electrons. The van der Waals surface area contributed by atoms with Crippen LogP contribution in [0.15, 0.2) is 40.5 Å². The number of nitrogens with one attached hydrogen (secondary N) is 1. The Labute approximate surface area is 137 Å². The molecule has 0 saturated carbocycles. The number of hydrogen-bond acceptors (Lipinski definition) is 4. The number of nitrogens with zero attached hydrogens (tertiary/aromatic N) is 3. The quantitative estimate of drug-likeness (QED) is 0.501. The fourth-order valence-corrected chi connectivity index (χ4v) is 2.29. The zero-order valence-electron chi connectivity index (χ0n) is 11.8. The fourth-order valence-electron chi connectivity index (χ4n) is 2.02. The maximum atomic E-state index is 12.1. The highest BCUT2D eigenvalue weighted by Gasteiger charge is 2.16. The van der Waals surface area contributed by atoms with Crippen molar-refractivity contribution in [2.24, 2.45) is 0 Å². The first kappa shape index (κ1) is 16.0. The minimum absolute atomic E-state index is 0.0440. The number of nitriles is 1. The van der Waals surface area contributed by atoms with E-state index in [0.717, 1.165) is 10.9 Å². The molecule has 2 rings (SSSR count). The van der Waals surface area contributed by atoms with Gasteiger partial charge in [0.1, 0.15) is 11.6 Å². The lowest BCUT2D eigenvalue weighted by atomic mass is 10.2. The van der Waals surface area contributed by atoms with Crippen LogP contribution in [0.5, 0.6) is 0 Å². The van der Waals surface area contributed by atoms with Gasteiger partial charge in [-0.2, -0.15) is 5.26 Å². The van der Waals surface area contributed by atoms with Gasteiger partial charge < -0.3 is 15.1 Å². The maximum Gasteiger partial charge on any atom is 0.267 e. The number of carbonyl (C=O) groups is 2. The Morgan fingerprint density at radius 3 is 2.32 bits per heavy atom. The number of hydrogen-bond donors (Lipinski definition) is 1. The number of benzene rings is 1. The van der Waals surface area contributed by atoms with Crippen molar-refractivity contribution in [3.63, 3.8) is 0 Å². The second-order valence-electron chi connectivity index (χ2n) is 4.79. The Hall–Kier alpha value is -2.33. The third-order valence-corrected chi connectivity index (χ3v) is 3.81. The summed E-state index contributed by atoms with van der Waals surface area (Å²) in [5.74, 6) is -0.442. The summed E-state index contributed by atoms with van der Waals surface area (Å²) in [5, 5.41) is 11.9. The Kier molecular flexibility index (Phi) is 5.55. The summed E-state index contributed by atoms with van der Waals surface area (Å²) in [6.07, 6.45) is 2.36. The molecule has 22 heavy (non-hydrogen) atoms. The van der Waals surface area contributed by atoms with Crippen molar-refractivity contribution in [1.82, 2.24) is 9.80 Å². The molecule has 1 aromatic carbocycles. The average molecular weight is 363 g/mol. The van der Waals surface area contributed by atoms with Gasteiger partial charge in [0.15, 0.2) is 0 Å². The van der Waals surface area contributed by atoms with E-state index < -0.39 is 5.91 Å². The summed E-state index contributed by atoms with van der Waals surface area (Å²) in [6.45, 7) is 2.39. The van der Waals surface area contributed by atoms with E-state index in [2.05, 4.69) is 21.2 Å². The van der Waals surface area contributed by atoms with Crippen LogP contribution >= 0.6 is 15.9 Å². The van der Waals surface area contributed by atoms with Crippen LogP contribution in [0.1, 0.15) is 0 Å². The molecule has 1 saturated heterocycles. The zero-order valence-corrected chi connectivity index (χ0v) is 13.4. The van der Waals surface area contributed by atoms with Gasteiger partial charge in [-0.25, -0.2) is 0 Å². The monoisotopic (exact) mass is 362 g/mol. The molecule has 0 atom stereocenters. The second-order valence-corrected chi connectivity index (χ2v) is 5.71. The Morgan fingerprint density at radius 1 is 1.18 bits per heavy atom. The minimum Gasteiger partial charge on any atom is -0.373 e. The first-order chi connectivity index (χ1) is 10.6. The number of anilines is 1. The van der Waals surface area contributed by atoms with Gasteiger partial charge in [0.05, 0.1) is 0 Å². The van der Waals surface area contributed by atoms with Crippen molar-refractivity contribution in [2.75, 3.05) is 31.5 Å². The lowest BCUT2D eigenvalue weighted by molar-refractivity contribution is -0.119. The molecule has 0 aromatic heterocycles. The summed E-state index contributed by atoms with van der Waals surface area (Å²) >= 11 is 3.32. The highest BCUT2D eigenvalue weighted by Crippen LogP contribution is 2.15. The van der Waals surface area contributed by atoms with E-state index in [0.29, 0.717) is 31.9 Å². The highest BCUT2D eigenvalue weighted by atomic mass is 79.9. The molecule has 2 amide bonds. The lowest BCUT2D eigenvalue weighted by Gasteiger charge is -2.31. The van der Waals surface area contributed by atoms with Crippen LogP contribution in [-0.4, -0.2) is 48.3 Å². The lowest BCUT2D eigenvalue weighted by Crippen LogP contribution is -2.43. The molecule has 1 heterocycles. The molecule has 6 nitrogen and oxygen atoms in total. The van der Waals surface area contributed by atoms with Gasteiger partial charge in [-0.05, 0) is 24.3 Å². The number of rotatable bonds is 4. The maximum absolute atomic E-state index is 12.1. The number of carbonyl (C=O) groups excluding carboxylic acids is 2. The summed E-state index contributed by atoms with van der Waals surface area (Å²) < 4.78 is 0.912. The molecule has 7 heteroatoms. The van der Waals surface area contributed by atoms with Gasteiger partial charge in [-0.1, -0.05) is 15.9 Å². The van der Waals surface area contributed by atoms with E-state index in [4.69, 9.17) is 5.26 Å². The molecular formula is C15H15BrN4O2. The van der Waals surface area contributed by atoms with E-state index in [1.807, 2.05) is 23.1 Å². The van der Waals surface area contributed by atoms with Crippen LogP contribution in [-0.2, 0) is 9.59 Å². The predicted octanol–water partition coefficient (Wildman–Crippen LogP) is 1.57. The minimum atomic E-state index is -0.442. The fraction of sp³-hybridized carbons (Fsp3) is 0.267. The first-order valence-corrected chi connectivity index (χ1v) is 7.54. The average Bonchev–Trinajstić information content (AvgIpc) is 2.55. The van der Waals surface area contributed by atoms with Gasteiger partial charge in [0.25, 0.3) is 5.91 Å². The molecule has 0 spiro atoms. The zero-order chi connectivity index (χ0) is 15.9. The normalized spacial score (nSPS) is 15.2. The SMILES string of the molecule is N#C/C(=C/N1CCN(C=O)CC1)C(=O)Nc1ccc(Br)cc1. The van der Waals surface area contributed by atoms with E-state index in [-0.39, 0.29) is 5.57 Å². The van der Waals surface area contributed by atoms with Crippen molar-refractivity contribution < 1.29 is 9.59 Å². The smallest absolute Gasteiger partial charge is 0.267 e. The number of amides is 2. The van der Waals surface area contributed by atoms with Crippen molar-refractivity contribution in [3.05, 3.63) is 40.5 Å². The molecule has 0 bridgehead atoms. The van der Waals surface area contributed by atoms with Crippen LogP contribution in [0.25, 0.3) is 0 Å². The molecule has 1 aromatic rings. The van der Waals surface area contributed by atoms with Crippen LogP contribution in [0, 0.1) is 11.3 Å². The van der Waals surface area contributed by atoms with E-state index >= 15 is 0 Å². The third-order valence-electron chi connectivity index (χ3n) is 3.28. The summed E-state index contributed by atoms with van der Waals surface area (Å²) in [5.41, 5.74) is 0.669. The Bertz CT molecular complexity index is 613. The molecule has 1 aliphatic rings. The van der Waals surface area contributed by atoms with Crippen molar-refractivity contribution in [1.29, 1.82) is 5.26 Å². The number of piperazine rings is 1. The van der Waals surface area contributed by atoms with Crippen molar-refractivity contribution in [3.8, 4) is 6.07 Å². The molecule has 1 aliphatic heterocycles. The van der Waals surface area contributed by atoms with Gasteiger partial charge in [0, 0.05) is 42.5 Å². The highest BCUT2D eigenvalue weighted by molar-refractivity contribution is 9.10. The van der Waals surface area contributed by atoms with E-state index in [1.54, 1.807) is 23.2 Å². The van der Waals surface area contributed by atoms with Gasteiger partial charge in [-0.15, -0.1) is 0 Å². The van der Waals surface area contributed by atoms with Crippen LogP contribution in [0.4, 0.5) is 5.69 Å². The van der Waals surface area contributed by atoms with Gasteiger partial charge >= 0.3 is 0 Å². The molecule has 0 aliphatic carbocycles. The summed E-state index contributed by atoms with van der Waals surface area (Å²) in [7, 11) is 0. The van der Waals surface area contributed by atoms with Crippen molar-refractivity contribution >= 4 is 33.9 Å². The Balaban J connectivity index is 2.00.